The monoisotopic (exact) mass is 422 g/mol. The highest BCUT2D eigenvalue weighted by Crippen LogP contribution is 2.29. The minimum atomic E-state index is -0.812. The molecule has 10 heteroatoms. The highest BCUT2D eigenvalue weighted by atomic mass is 35.5. The van der Waals surface area contributed by atoms with Crippen LogP contribution in [0.3, 0.4) is 0 Å². The Labute approximate surface area is 170 Å². The predicted molar refractivity (Wildman–Crippen MR) is 103 cm³/mol. The van der Waals surface area contributed by atoms with Gasteiger partial charge in [-0.1, -0.05) is 23.2 Å². The molecular formula is C18H16Cl2N4O4. The van der Waals surface area contributed by atoms with Crippen molar-refractivity contribution in [1.29, 1.82) is 0 Å². The van der Waals surface area contributed by atoms with Gasteiger partial charge in [0.1, 0.15) is 6.04 Å². The molecule has 1 aliphatic rings. The fourth-order valence-corrected chi connectivity index (χ4v) is 3.06. The number of amides is 4. The van der Waals surface area contributed by atoms with Crippen LogP contribution in [0.4, 0.5) is 10.5 Å². The van der Waals surface area contributed by atoms with E-state index in [1.54, 1.807) is 12.1 Å². The van der Waals surface area contributed by atoms with Gasteiger partial charge >= 0.3 is 6.03 Å². The summed E-state index contributed by atoms with van der Waals surface area (Å²) in [6.07, 6.45) is 2.89. The lowest BCUT2D eigenvalue weighted by molar-refractivity contribution is -0.605. The number of aromatic nitrogens is 1. The summed E-state index contributed by atoms with van der Waals surface area (Å²) in [6.45, 7) is 0.197. The molecule has 0 bridgehead atoms. The lowest BCUT2D eigenvalue weighted by Crippen LogP contribution is -2.33. The Bertz CT molecular complexity index is 938. The number of nitrogens with zero attached hydrogens (tertiary/aromatic N) is 2. The van der Waals surface area contributed by atoms with Gasteiger partial charge in [0.15, 0.2) is 12.4 Å². The summed E-state index contributed by atoms with van der Waals surface area (Å²) >= 11 is 11.8. The molecule has 146 valence electrons. The third kappa shape index (κ3) is 4.52. The third-order valence-corrected chi connectivity index (χ3v) is 4.91. The third-order valence-electron chi connectivity index (χ3n) is 4.17. The molecule has 1 aromatic heterocycles. The maximum Gasteiger partial charge on any atom is 0.329 e. The summed E-state index contributed by atoms with van der Waals surface area (Å²) in [5.41, 5.74) is 0.959. The standard InChI is InChI=1S/C18H16Cl2N4O4/c19-13-4-3-12(8-14(13)20)24-17(26)15(22-18(24)27)5-6-16(25)21-9-11-2-1-7-23(28)10-11/h1-4,7-8,10,15H,5-6,9H2,(H,21,25)(H,22,27). The van der Waals surface area contributed by atoms with Crippen LogP contribution in [0, 0.1) is 5.21 Å². The molecule has 3 rings (SSSR count). The number of nitrogens with one attached hydrogen (secondary N) is 2. The van der Waals surface area contributed by atoms with E-state index >= 15 is 0 Å². The van der Waals surface area contributed by atoms with E-state index in [1.165, 1.54) is 30.6 Å². The van der Waals surface area contributed by atoms with Gasteiger partial charge in [-0.2, -0.15) is 4.73 Å². The van der Waals surface area contributed by atoms with E-state index in [2.05, 4.69) is 10.6 Å². The van der Waals surface area contributed by atoms with Crippen LogP contribution in [-0.2, 0) is 16.1 Å². The summed E-state index contributed by atoms with van der Waals surface area (Å²) < 4.78 is 0.645. The summed E-state index contributed by atoms with van der Waals surface area (Å²) in [5.74, 6) is -0.761. The van der Waals surface area contributed by atoms with Gasteiger partial charge in [0, 0.05) is 24.6 Å². The molecule has 28 heavy (non-hydrogen) atoms. The van der Waals surface area contributed by atoms with E-state index in [4.69, 9.17) is 23.2 Å². The zero-order valence-electron chi connectivity index (χ0n) is 14.5. The first-order valence-electron chi connectivity index (χ1n) is 8.39. The average Bonchev–Trinajstić information content (AvgIpc) is 2.94. The summed E-state index contributed by atoms with van der Waals surface area (Å²) in [5, 5.41) is 17.0. The molecule has 1 unspecified atom stereocenters. The highest BCUT2D eigenvalue weighted by Gasteiger charge is 2.39. The molecule has 1 atom stereocenters. The Morgan fingerprint density at radius 2 is 2.04 bits per heavy atom. The van der Waals surface area contributed by atoms with Crippen LogP contribution in [0.15, 0.2) is 42.7 Å². The second kappa shape index (κ2) is 8.45. The first-order valence-corrected chi connectivity index (χ1v) is 9.14. The van der Waals surface area contributed by atoms with E-state index < -0.39 is 18.0 Å². The van der Waals surface area contributed by atoms with Crippen molar-refractivity contribution in [3.8, 4) is 0 Å². The first kappa shape index (κ1) is 19.9. The van der Waals surface area contributed by atoms with Gasteiger partial charge in [-0.15, -0.1) is 0 Å². The molecule has 1 saturated heterocycles. The summed E-state index contributed by atoms with van der Waals surface area (Å²) in [6, 6.07) is 6.34. The van der Waals surface area contributed by atoms with Gasteiger partial charge in [-0.05, 0) is 30.7 Å². The molecule has 0 saturated carbocycles. The van der Waals surface area contributed by atoms with E-state index in [1.807, 2.05) is 0 Å². The zero-order chi connectivity index (χ0) is 20.3. The highest BCUT2D eigenvalue weighted by molar-refractivity contribution is 6.42. The number of benzene rings is 1. The number of rotatable bonds is 6. The molecular weight excluding hydrogens is 407 g/mol. The maximum atomic E-state index is 12.5. The quantitative estimate of drug-likeness (QED) is 0.422. The molecule has 4 amide bonds. The number of urea groups is 1. The Hall–Kier alpha value is -2.84. The predicted octanol–water partition coefficient (Wildman–Crippen LogP) is 2.15. The smallest absolute Gasteiger partial charge is 0.329 e. The SMILES string of the molecule is O=C(CCC1NC(=O)N(c2ccc(Cl)c(Cl)c2)C1=O)NCc1ccc[n+]([O-])c1. The summed E-state index contributed by atoms with van der Waals surface area (Å²) in [7, 11) is 0. The minimum absolute atomic E-state index is 0.0378. The number of anilines is 1. The Morgan fingerprint density at radius 1 is 1.25 bits per heavy atom. The molecule has 0 spiro atoms. The number of carbonyl (C=O) groups is 3. The van der Waals surface area contributed by atoms with Gasteiger partial charge in [-0.25, -0.2) is 9.69 Å². The Morgan fingerprint density at radius 3 is 2.75 bits per heavy atom. The average molecular weight is 423 g/mol. The molecule has 0 radical (unpaired) electrons. The fourth-order valence-electron chi connectivity index (χ4n) is 2.77. The number of halogens is 2. The molecule has 2 heterocycles. The van der Waals surface area contributed by atoms with E-state index in [9.17, 15) is 19.6 Å². The zero-order valence-corrected chi connectivity index (χ0v) is 16.0. The van der Waals surface area contributed by atoms with Crippen LogP contribution in [0.1, 0.15) is 18.4 Å². The topological polar surface area (TPSA) is 105 Å². The largest absolute Gasteiger partial charge is 0.619 e. The van der Waals surface area contributed by atoms with Crippen LogP contribution in [0.2, 0.25) is 10.0 Å². The van der Waals surface area contributed by atoms with Crippen molar-refractivity contribution in [3.05, 3.63) is 63.5 Å². The van der Waals surface area contributed by atoms with Crippen molar-refractivity contribution in [2.45, 2.75) is 25.4 Å². The fraction of sp³-hybridized carbons (Fsp3) is 0.222. The van der Waals surface area contributed by atoms with Crippen molar-refractivity contribution in [2.75, 3.05) is 4.90 Å². The molecule has 8 nitrogen and oxygen atoms in total. The van der Waals surface area contributed by atoms with Gasteiger partial charge in [-0.3, -0.25) is 9.59 Å². The molecule has 1 aromatic carbocycles. The van der Waals surface area contributed by atoms with Gasteiger partial charge in [0.25, 0.3) is 5.91 Å². The number of hydrogen-bond donors (Lipinski definition) is 2. The van der Waals surface area contributed by atoms with Crippen LogP contribution in [0.5, 0.6) is 0 Å². The van der Waals surface area contributed by atoms with Crippen LogP contribution < -0.4 is 20.3 Å². The van der Waals surface area contributed by atoms with Crippen molar-refractivity contribution in [3.63, 3.8) is 0 Å². The van der Waals surface area contributed by atoms with E-state index in [0.717, 1.165) is 4.90 Å². The van der Waals surface area contributed by atoms with Crippen molar-refractivity contribution in [2.24, 2.45) is 0 Å². The van der Waals surface area contributed by atoms with Gasteiger partial charge in [0.05, 0.1) is 15.7 Å². The van der Waals surface area contributed by atoms with E-state index in [0.29, 0.717) is 21.0 Å². The number of imide groups is 1. The minimum Gasteiger partial charge on any atom is -0.619 e. The summed E-state index contributed by atoms with van der Waals surface area (Å²) in [4.78, 5) is 37.7. The van der Waals surface area contributed by atoms with E-state index in [-0.39, 0.29) is 30.3 Å². The molecule has 0 aliphatic carbocycles. The van der Waals surface area contributed by atoms with Crippen molar-refractivity contribution < 1.29 is 19.1 Å². The van der Waals surface area contributed by atoms with Crippen molar-refractivity contribution >= 4 is 46.7 Å². The molecule has 2 aromatic rings. The number of pyridine rings is 1. The molecule has 1 fully saturated rings. The van der Waals surface area contributed by atoms with Gasteiger partial charge in [0.2, 0.25) is 5.91 Å². The Kier molecular flexibility index (Phi) is 6.01. The first-order chi connectivity index (χ1) is 13.3. The number of hydrogen-bond acceptors (Lipinski definition) is 4. The Balaban J connectivity index is 1.55. The lowest BCUT2D eigenvalue weighted by Gasteiger charge is -2.13. The molecule has 2 N–H and O–H groups in total. The maximum absolute atomic E-state index is 12.5. The van der Waals surface area contributed by atoms with Crippen molar-refractivity contribution in [1.82, 2.24) is 10.6 Å². The second-order valence-electron chi connectivity index (χ2n) is 6.16. The van der Waals surface area contributed by atoms with Gasteiger partial charge < -0.3 is 15.8 Å². The second-order valence-corrected chi connectivity index (χ2v) is 6.98. The van der Waals surface area contributed by atoms with Crippen LogP contribution >= 0.6 is 23.2 Å². The van der Waals surface area contributed by atoms with Crippen LogP contribution in [-0.4, -0.2) is 23.9 Å². The number of carbonyl (C=O) groups excluding carboxylic acids is 3. The molecule has 1 aliphatic heterocycles. The normalized spacial score (nSPS) is 16.2. The lowest BCUT2D eigenvalue weighted by atomic mass is 10.1. The van der Waals surface area contributed by atoms with Crippen LogP contribution in [0.25, 0.3) is 0 Å².